The van der Waals surface area contributed by atoms with Crippen LogP contribution in [0.15, 0.2) is 84.9 Å². The first kappa shape index (κ1) is 29.1. The number of ether oxygens (including phenoxy) is 1. The van der Waals surface area contributed by atoms with Crippen LogP contribution in [0.3, 0.4) is 0 Å². The van der Waals surface area contributed by atoms with Gasteiger partial charge < -0.3 is 30.3 Å². The minimum atomic E-state index is -1.52. The number of nitrogens with one attached hydrogen (secondary N) is 2. The van der Waals surface area contributed by atoms with Gasteiger partial charge in [-0.25, -0.2) is 0 Å². The van der Waals surface area contributed by atoms with Crippen LogP contribution in [-0.4, -0.2) is 88.1 Å². The van der Waals surface area contributed by atoms with Crippen LogP contribution in [0.25, 0.3) is 10.8 Å². The summed E-state index contributed by atoms with van der Waals surface area (Å²) >= 11 is 0. The summed E-state index contributed by atoms with van der Waals surface area (Å²) in [5.41, 5.74) is 0.865. The Labute approximate surface area is 253 Å². The average Bonchev–Trinajstić information content (AvgIpc) is 3.36. The SMILES string of the molecule is O=C1CC(NC(=O)[C@@H]2CN(C(=O)c3ccccc3)C[C@@H]3CC=CC[C@H](NC(=O)c4cccc5ccccc45)C(=O)N32)C(O)O1. The summed E-state index contributed by atoms with van der Waals surface area (Å²) in [6.07, 6.45) is 2.56. The van der Waals surface area contributed by atoms with Crippen LogP contribution >= 0.6 is 0 Å². The number of hydrogen-bond donors (Lipinski definition) is 3. The second kappa shape index (κ2) is 12.3. The van der Waals surface area contributed by atoms with E-state index >= 15 is 0 Å². The molecule has 5 atom stereocenters. The molecule has 11 nitrogen and oxygen atoms in total. The number of aliphatic hydroxyl groups is 1. The second-order valence-corrected chi connectivity index (χ2v) is 11.2. The van der Waals surface area contributed by atoms with Crippen molar-refractivity contribution in [2.24, 2.45) is 0 Å². The van der Waals surface area contributed by atoms with Crippen molar-refractivity contribution < 1.29 is 33.8 Å². The van der Waals surface area contributed by atoms with Crippen molar-refractivity contribution in [2.45, 2.75) is 49.7 Å². The van der Waals surface area contributed by atoms with E-state index in [2.05, 4.69) is 10.6 Å². The van der Waals surface area contributed by atoms with Gasteiger partial charge in [-0.1, -0.05) is 66.7 Å². The molecule has 11 heteroatoms. The number of piperazine rings is 1. The molecular weight excluding hydrogens is 564 g/mol. The van der Waals surface area contributed by atoms with E-state index in [0.717, 1.165) is 10.8 Å². The van der Waals surface area contributed by atoms with Gasteiger partial charge in [-0.05, 0) is 41.8 Å². The van der Waals surface area contributed by atoms with E-state index in [1.54, 1.807) is 47.4 Å². The van der Waals surface area contributed by atoms with Crippen molar-refractivity contribution in [2.75, 3.05) is 13.1 Å². The number of amides is 4. The van der Waals surface area contributed by atoms with Gasteiger partial charge in [0.15, 0.2) is 0 Å². The van der Waals surface area contributed by atoms with E-state index in [-0.39, 0.29) is 31.8 Å². The largest absolute Gasteiger partial charge is 0.434 e. The lowest BCUT2D eigenvalue weighted by molar-refractivity contribution is -0.156. The Kier molecular flexibility index (Phi) is 8.12. The van der Waals surface area contributed by atoms with Gasteiger partial charge in [-0.3, -0.25) is 24.0 Å². The van der Waals surface area contributed by atoms with Crippen molar-refractivity contribution in [3.63, 3.8) is 0 Å². The van der Waals surface area contributed by atoms with Crippen molar-refractivity contribution in [3.05, 3.63) is 96.1 Å². The van der Waals surface area contributed by atoms with E-state index in [1.807, 2.05) is 42.5 Å². The first-order valence-electron chi connectivity index (χ1n) is 14.6. The Hall–Kier alpha value is -5.03. The Morgan fingerprint density at radius 2 is 1.57 bits per heavy atom. The molecule has 0 aliphatic carbocycles. The standard InChI is InChI=1S/C33H32N4O7/c38-28-17-26(33(43)44-28)35-30(40)27-19-36(31(41)21-10-2-1-3-11-21)18-22-13-5-7-16-25(32(42)37(22)27)34-29(39)24-15-8-12-20-9-4-6-14-23(20)24/h1-12,14-15,22,25-27,33,43H,13,16-19H2,(H,34,39)(H,35,40)/t22-,25-,26?,27-,33?/m0/s1. The molecule has 44 heavy (non-hydrogen) atoms. The second-order valence-electron chi connectivity index (χ2n) is 11.2. The molecule has 2 unspecified atom stereocenters. The molecule has 3 aromatic rings. The average molecular weight is 597 g/mol. The summed E-state index contributed by atoms with van der Waals surface area (Å²) < 4.78 is 4.78. The molecule has 3 N–H and O–H groups in total. The van der Waals surface area contributed by atoms with Crippen LogP contribution in [0, 0.1) is 0 Å². The number of hydrogen-bond acceptors (Lipinski definition) is 7. The molecular formula is C33H32N4O7. The highest BCUT2D eigenvalue weighted by Crippen LogP contribution is 2.26. The van der Waals surface area contributed by atoms with Gasteiger partial charge in [0.05, 0.1) is 19.0 Å². The highest BCUT2D eigenvalue weighted by atomic mass is 16.6. The van der Waals surface area contributed by atoms with Gasteiger partial charge in [-0.15, -0.1) is 0 Å². The third kappa shape index (κ3) is 5.78. The van der Waals surface area contributed by atoms with E-state index < -0.39 is 54.1 Å². The number of carbonyl (C=O) groups excluding carboxylic acids is 5. The van der Waals surface area contributed by atoms with Crippen LogP contribution in [-0.2, 0) is 19.1 Å². The van der Waals surface area contributed by atoms with Crippen LogP contribution in [0.2, 0.25) is 0 Å². The number of nitrogens with zero attached hydrogens (tertiary/aromatic N) is 2. The lowest BCUT2D eigenvalue weighted by atomic mass is 9.95. The van der Waals surface area contributed by atoms with E-state index in [4.69, 9.17) is 4.74 Å². The predicted octanol–water partition coefficient (Wildman–Crippen LogP) is 1.76. The molecule has 0 saturated carbocycles. The number of aliphatic hydroxyl groups excluding tert-OH is 1. The molecule has 3 aliphatic heterocycles. The van der Waals surface area contributed by atoms with Crippen molar-refractivity contribution >= 4 is 40.4 Å². The maximum Gasteiger partial charge on any atom is 0.310 e. The topological polar surface area (TPSA) is 145 Å². The zero-order chi connectivity index (χ0) is 30.8. The molecule has 3 heterocycles. The minimum absolute atomic E-state index is 0.118. The fourth-order valence-corrected chi connectivity index (χ4v) is 6.12. The molecule has 2 saturated heterocycles. The van der Waals surface area contributed by atoms with E-state index in [9.17, 15) is 29.1 Å². The molecule has 226 valence electrons. The van der Waals surface area contributed by atoms with Gasteiger partial charge in [0.2, 0.25) is 18.1 Å². The fraction of sp³-hybridized carbons (Fsp3) is 0.303. The predicted molar refractivity (Wildman–Crippen MR) is 159 cm³/mol. The molecule has 4 amide bonds. The number of benzene rings is 3. The molecule has 3 aliphatic rings. The normalized spacial score (nSPS) is 25.1. The van der Waals surface area contributed by atoms with Gasteiger partial charge in [0.25, 0.3) is 11.8 Å². The highest BCUT2D eigenvalue weighted by molar-refractivity contribution is 6.08. The number of fused-ring (bicyclic) bond motifs is 2. The zero-order valence-electron chi connectivity index (χ0n) is 23.8. The van der Waals surface area contributed by atoms with Gasteiger partial charge >= 0.3 is 5.97 Å². The summed E-state index contributed by atoms with van der Waals surface area (Å²) in [4.78, 5) is 69.8. The Morgan fingerprint density at radius 1 is 0.841 bits per heavy atom. The molecule has 3 aromatic carbocycles. The zero-order valence-corrected chi connectivity index (χ0v) is 23.8. The van der Waals surface area contributed by atoms with Crippen LogP contribution in [0.5, 0.6) is 0 Å². The summed E-state index contributed by atoms with van der Waals surface area (Å²) in [6.45, 7) is 0.0539. The molecule has 0 aromatic heterocycles. The van der Waals surface area contributed by atoms with Crippen molar-refractivity contribution in [3.8, 4) is 0 Å². The number of rotatable bonds is 5. The Morgan fingerprint density at radius 3 is 2.34 bits per heavy atom. The highest BCUT2D eigenvalue weighted by Gasteiger charge is 2.46. The lowest BCUT2D eigenvalue weighted by Crippen LogP contribution is -2.68. The van der Waals surface area contributed by atoms with Crippen molar-refractivity contribution in [1.82, 2.24) is 20.4 Å². The van der Waals surface area contributed by atoms with Crippen LogP contribution in [0.4, 0.5) is 0 Å². The van der Waals surface area contributed by atoms with E-state index in [0.29, 0.717) is 17.5 Å². The third-order valence-electron chi connectivity index (χ3n) is 8.31. The Balaban J connectivity index is 1.30. The van der Waals surface area contributed by atoms with Gasteiger partial charge in [0, 0.05) is 17.7 Å². The maximum absolute atomic E-state index is 14.2. The van der Waals surface area contributed by atoms with Gasteiger partial charge in [-0.2, -0.15) is 0 Å². The molecule has 2 fully saturated rings. The van der Waals surface area contributed by atoms with Crippen LogP contribution < -0.4 is 10.6 Å². The fourth-order valence-electron chi connectivity index (χ4n) is 6.12. The maximum atomic E-state index is 14.2. The van der Waals surface area contributed by atoms with Crippen LogP contribution in [0.1, 0.15) is 40.0 Å². The number of cyclic esters (lactones) is 1. The minimum Gasteiger partial charge on any atom is -0.434 e. The number of carbonyl (C=O) groups is 5. The first-order chi connectivity index (χ1) is 21.3. The van der Waals surface area contributed by atoms with Crippen molar-refractivity contribution in [1.29, 1.82) is 0 Å². The lowest BCUT2D eigenvalue weighted by Gasteiger charge is -2.47. The summed E-state index contributed by atoms with van der Waals surface area (Å²) in [7, 11) is 0. The summed E-state index contributed by atoms with van der Waals surface area (Å²) in [5, 5.41) is 17.3. The summed E-state index contributed by atoms with van der Waals surface area (Å²) in [5.74, 6) is -2.47. The molecule has 6 rings (SSSR count). The Bertz CT molecular complexity index is 1640. The third-order valence-corrected chi connectivity index (χ3v) is 8.31. The quantitative estimate of drug-likeness (QED) is 0.301. The smallest absolute Gasteiger partial charge is 0.310 e. The van der Waals surface area contributed by atoms with Gasteiger partial charge in [0.1, 0.15) is 18.1 Å². The number of esters is 1. The molecule has 0 bridgehead atoms. The monoisotopic (exact) mass is 596 g/mol. The summed E-state index contributed by atoms with van der Waals surface area (Å²) in [6, 6.07) is 17.8. The molecule has 0 radical (unpaired) electrons. The van der Waals surface area contributed by atoms with E-state index in [1.165, 1.54) is 4.90 Å². The first-order valence-corrected chi connectivity index (χ1v) is 14.6. The molecule has 0 spiro atoms.